The van der Waals surface area contributed by atoms with Crippen molar-refractivity contribution in [2.45, 2.75) is 37.6 Å². The van der Waals surface area contributed by atoms with Gasteiger partial charge in [0.15, 0.2) is 15.5 Å². The number of alkyl halides is 3. The number of aromatic nitrogens is 3. The van der Waals surface area contributed by atoms with Gasteiger partial charge < -0.3 is 15.4 Å². The Morgan fingerprint density at radius 3 is 2.50 bits per heavy atom. The third-order valence-electron chi connectivity index (χ3n) is 4.63. The second-order valence-corrected chi connectivity index (χ2v) is 9.35. The van der Waals surface area contributed by atoms with E-state index in [1.165, 1.54) is 12.1 Å². The Kier molecular flexibility index (Phi) is 5.79. The maximum absolute atomic E-state index is 13.2. The van der Waals surface area contributed by atoms with Crippen LogP contribution in [0.3, 0.4) is 0 Å². The Labute approximate surface area is 171 Å². The van der Waals surface area contributed by atoms with Crippen molar-refractivity contribution in [1.29, 1.82) is 0 Å². The fraction of sp³-hybridized carbons (Fsp3) is 0.368. The maximum Gasteiger partial charge on any atom is 0.433 e. The van der Waals surface area contributed by atoms with Crippen molar-refractivity contribution in [3.8, 4) is 0 Å². The average Bonchev–Trinajstić information content (AvgIpc) is 3.07. The summed E-state index contributed by atoms with van der Waals surface area (Å²) in [5.74, 6) is -0.295. The van der Waals surface area contributed by atoms with E-state index in [0.29, 0.717) is 11.2 Å². The van der Waals surface area contributed by atoms with Crippen molar-refractivity contribution in [2.75, 3.05) is 11.6 Å². The van der Waals surface area contributed by atoms with Crippen LogP contribution in [0.1, 0.15) is 36.8 Å². The molecule has 0 radical (unpaired) electrons. The molecule has 0 spiro atoms. The van der Waals surface area contributed by atoms with Crippen molar-refractivity contribution in [1.82, 2.24) is 15.0 Å². The third-order valence-corrected chi connectivity index (χ3v) is 5.74. The standard InChI is InChI=1S/C19H21F3N4O3S/c1-10(2)16(25-18-23-8-12(9-27)17(26-18)19(20,21)22)15-6-11-4-5-13(30(3,28)29)7-14(11)24-15/h4-8,10,16,24,27H,9H2,1-3H3,(H,23,25,26)/t16-/m0/s1. The lowest BCUT2D eigenvalue weighted by Crippen LogP contribution is -2.21. The average molecular weight is 442 g/mol. The molecule has 30 heavy (non-hydrogen) atoms. The van der Waals surface area contributed by atoms with Crippen molar-refractivity contribution < 1.29 is 26.7 Å². The number of aromatic amines is 1. The highest BCUT2D eigenvalue weighted by Crippen LogP contribution is 2.33. The largest absolute Gasteiger partial charge is 0.433 e. The predicted molar refractivity (Wildman–Crippen MR) is 106 cm³/mol. The fourth-order valence-corrected chi connectivity index (χ4v) is 3.75. The van der Waals surface area contributed by atoms with Crippen molar-refractivity contribution in [3.05, 3.63) is 47.4 Å². The summed E-state index contributed by atoms with van der Waals surface area (Å²) in [7, 11) is -3.38. The molecule has 0 saturated carbocycles. The molecule has 0 saturated heterocycles. The first kappa shape index (κ1) is 22.0. The Morgan fingerprint density at radius 1 is 1.23 bits per heavy atom. The van der Waals surface area contributed by atoms with Gasteiger partial charge >= 0.3 is 6.18 Å². The molecule has 11 heteroatoms. The summed E-state index contributed by atoms with van der Waals surface area (Å²) in [5, 5.41) is 12.8. The van der Waals surface area contributed by atoms with Crippen LogP contribution in [0.25, 0.3) is 10.9 Å². The van der Waals surface area contributed by atoms with E-state index >= 15 is 0 Å². The van der Waals surface area contributed by atoms with E-state index in [-0.39, 0.29) is 16.8 Å². The summed E-state index contributed by atoms with van der Waals surface area (Å²) >= 11 is 0. The van der Waals surface area contributed by atoms with Crippen molar-refractivity contribution >= 4 is 26.7 Å². The SMILES string of the molecule is CC(C)[C@H](Nc1ncc(CO)c(C(F)(F)F)n1)c1cc2ccc(S(C)(=O)=O)cc2[nH]1. The van der Waals surface area contributed by atoms with Crippen LogP contribution >= 0.6 is 0 Å². The van der Waals surface area contributed by atoms with E-state index in [0.717, 1.165) is 17.8 Å². The Bertz CT molecular complexity index is 1170. The molecular weight excluding hydrogens is 421 g/mol. The van der Waals surface area contributed by atoms with E-state index in [2.05, 4.69) is 20.3 Å². The van der Waals surface area contributed by atoms with Crippen molar-refractivity contribution in [3.63, 3.8) is 0 Å². The molecule has 3 rings (SSSR count). The minimum absolute atomic E-state index is 0.0668. The molecule has 0 fully saturated rings. The lowest BCUT2D eigenvalue weighted by Gasteiger charge is -2.22. The number of aliphatic hydroxyl groups excluding tert-OH is 1. The minimum Gasteiger partial charge on any atom is -0.392 e. The number of aliphatic hydroxyl groups is 1. The predicted octanol–water partition coefficient (Wildman–Crippen LogP) is 3.68. The summed E-state index contributed by atoms with van der Waals surface area (Å²) < 4.78 is 63.2. The van der Waals surface area contributed by atoms with Gasteiger partial charge in [0.25, 0.3) is 0 Å². The molecule has 0 aliphatic carbocycles. The van der Waals surface area contributed by atoms with Crippen LogP contribution in [-0.4, -0.2) is 34.7 Å². The number of anilines is 1. The molecule has 1 aromatic carbocycles. The summed E-state index contributed by atoms with van der Waals surface area (Å²) in [6, 6.07) is 6.00. The lowest BCUT2D eigenvalue weighted by atomic mass is 10.0. The fourth-order valence-electron chi connectivity index (χ4n) is 3.11. The number of halogens is 3. The summed E-state index contributed by atoms with van der Waals surface area (Å²) in [6.07, 6.45) is -2.67. The van der Waals surface area contributed by atoms with E-state index in [9.17, 15) is 21.6 Å². The summed E-state index contributed by atoms with van der Waals surface area (Å²) in [6.45, 7) is 2.92. The molecule has 0 amide bonds. The van der Waals surface area contributed by atoms with Gasteiger partial charge in [-0.1, -0.05) is 19.9 Å². The molecule has 162 valence electrons. The molecule has 2 heterocycles. The van der Waals surface area contributed by atoms with Gasteiger partial charge in [-0.25, -0.2) is 18.4 Å². The van der Waals surface area contributed by atoms with Crippen LogP contribution < -0.4 is 5.32 Å². The summed E-state index contributed by atoms with van der Waals surface area (Å²) in [5.41, 5.74) is -0.366. The number of H-pyrrole nitrogens is 1. The number of nitrogens with one attached hydrogen (secondary N) is 2. The molecular formula is C19H21F3N4O3S. The molecule has 3 aromatic rings. The monoisotopic (exact) mass is 442 g/mol. The van der Waals surface area contributed by atoms with Gasteiger partial charge in [0.05, 0.1) is 17.5 Å². The smallest absolute Gasteiger partial charge is 0.392 e. The van der Waals surface area contributed by atoms with Crippen LogP contribution in [0.5, 0.6) is 0 Å². The Balaban J connectivity index is 1.99. The number of rotatable bonds is 6. The minimum atomic E-state index is -4.73. The normalized spacial score (nSPS) is 13.7. The van der Waals surface area contributed by atoms with Gasteiger partial charge in [-0.2, -0.15) is 13.2 Å². The van der Waals surface area contributed by atoms with Gasteiger partial charge in [-0.05, 0) is 29.5 Å². The molecule has 0 bridgehead atoms. The zero-order valence-corrected chi connectivity index (χ0v) is 17.3. The quantitative estimate of drug-likeness (QED) is 0.538. The Hall–Kier alpha value is -2.66. The number of benzene rings is 1. The van der Waals surface area contributed by atoms with Gasteiger partial charge in [0.1, 0.15) is 0 Å². The van der Waals surface area contributed by atoms with Crippen LogP contribution in [-0.2, 0) is 22.6 Å². The number of nitrogens with zero attached hydrogens (tertiary/aromatic N) is 2. The second kappa shape index (κ2) is 7.88. The molecule has 0 aliphatic rings. The molecule has 2 aromatic heterocycles. The topological polar surface area (TPSA) is 108 Å². The van der Waals surface area contributed by atoms with Gasteiger partial charge in [0.2, 0.25) is 5.95 Å². The molecule has 0 aliphatic heterocycles. The number of hydrogen-bond donors (Lipinski definition) is 3. The van der Waals surface area contributed by atoms with E-state index in [1.807, 2.05) is 13.8 Å². The van der Waals surface area contributed by atoms with E-state index < -0.39 is 39.9 Å². The zero-order valence-electron chi connectivity index (χ0n) is 16.4. The van der Waals surface area contributed by atoms with Gasteiger partial charge in [-0.3, -0.25) is 0 Å². The first-order valence-electron chi connectivity index (χ1n) is 9.03. The maximum atomic E-state index is 13.2. The van der Waals surface area contributed by atoms with Crippen LogP contribution in [0, 0.1) is 5.92 Å². The molecule has 7 nitrogen and oxygen atoms in total. The van der Waals surface area contributed by atoms with Crippen LogP contribution in [0.15, 0.2) is 35.4 Å². The van der Waals surface area contributed by atoms with E-state index in [1.54, 1.807) is 12.1 Å². The molecule has 0 unspecified atom stereocenters. The van der Waals surface area contributed by atoms with Gasteiger partial charge in [0, 0.05) is 29.2 Å². The lowest BCUT2D eigenvalue weighted by molar-refractivity contribution is -0.142. The first-order valence-corrected chi connectivity index (χ1v) is 10.9. The van der Waals surface area contributed by atoms with E-state index in [4.69, 9.17) is 5.11 Å². The summed E-state index contributed by atoms with van der Waals surface area (Å²) in [4.78, 5) is 10.8. The third kappa shape index (κ3) is 4.57. The number of sulfone groups is 1. The highest BCUT2D eigenvalue weighted by atomic mass is 32.2. The molecule has 1 atom stereocenters. The second-order valence-electron chi connectivity index (χ2n) is 7.34. The zero-order chi connectivity index (χ0) is 22.3. The highest BCUT2D eigenvalue weighted by Gasteiger charge is 2.36. The van der Waals surface area contributed by atoms with Crippen LogP contribution in [0.4, 0.5) is 19.1 Å². The van der Waals surface area contributed by atoms with Gasteiger partial charge in [-0.15, -0.1) is 0 Å². The number of fused-ring (bicyclic) bond motifs is 1. The van der Waals surface area contributed by atoms with Crippen LogP contribution in [0.2, 0.25) is 0 Å². The molecule has 3 N–H and O–H groups in total. The highest BCUT2D eigenvalue weighted by molar-refractivity contribution is 7.90. The Morgan fingerprint density at radius 2 is 1.93 bits per heavy atom. The number of hydrogen-bond acceptors (Lipinski definition) is 6. The first-order chi connectivity index (χ1) is 13.9. The van der Waals surface area contributed by atoms with Crippen molar-refractivity contribution in [2.24, 2.45) is 5.92 Å².